The van der Waals surface area contributed by atoms with E-state index in [1.54, 1.807) is 0 Å². The van der Waals surface area contributed by atoms with Gasteiger partial charge in [-0.3, -0.25) is 9.59 Å². The molecule has 0 radical (unpaired) electrons. The summed E-state index contributed by atoms with van der Waals surface area (Å²) in [5.41, 5.74) is 5.63. The summed E-state index contributed by atoms with van der Waals surface area (Å²) in [7, 11) is 0. The molecule has 13 nitrogen and oxygen atoms in total. The fourth-order valence-electron chi connectivity index (χ4n) is 3.27. The molecule has 208 valence electrons. The highest BCUT2D eigenvalue weighted by molar-refractivity contribution is 5.97. The van der Waals surface area contributed by atoms with Gasteiger partial charge in [0.2, 0.25) is 5.91 Å². The van der Waals surface area contributed by atoms with Crippen LogP contribution >= 0.6 is 0 Å². The molecule has 0 aliphatic heterocycles. The number of esters is 1. The first kappa shape index (κ1) is 30.2. The van der Waals surface area contributed by atoms with Crippen LogP contribution < -0.4 is 27.0 Å². The van der Waals surface area contributed by atoms with Crippen LogP contribution in [0.5, 0.6) is 23.0 Å². The lowest BCUT2D eigenvalue weighted by atomic mass is 10.1. The highest BCUT2D eigenvalue weighted by Gasteiger charge is 2.26. The van der Waals surface area contributed by atoms with Crippen molar-refractivity contribution in [2.75, 3.05) is 39.3 Å². The maximum Gasteiger partial charge on any atom is 0.342 e. The van der Waals surface area contributed by atoms with Gasteiger partial charge in [0.15, 0.2) is 23.0 Å². The monoisotopic (exact) mass is 533 g/mol. The zero-order valence-corrected chi connectivity index (χ0v) is 21.1. The number of nitrogens with one attached hydrogen (secondary N) is 4. The Morgan fingerprint density at radius 3 is 1.92 bits per heavy atom. The van der Waals surface area contributed by atoms with E-state index < -0.39 is 47.2 Å². The Bertz CT molecular complexity index is 1100. The summed E-state index contributed by atoms with van der Waals surface area (Å²) in [5, 5.41) is 50.0. The Kier molecular flexibility index (Phi) is 12.1. The lowest BCUT2D eigenvalue weighted by Gasteiger charge is -2.20. The first-order valence-corrected chi connectivity index (χ1v) is 12.1. The first-order valence-electron chi connectivity index (χ1n) is 12.1. The van der Waals surface area contributed by atoms with E-state index in [0.29, 0.717) is 39.3 Å². The molecule has 0 aromatic heterocycles. The van der Waals surface area contributed by atoms with Crippen molar-refractivity contribution in [1.82, 2.24) is 21.3 Å². The molecule has 38 heavy (non-hydrogen) atoms. The van der Waals surface area contributed by atoms with Crippen LogP contribution in [0.2, 0.25) is 0 Å². The van der Waals surface area contributed by atoms with Gasteiger partial charge in [0, 0.05) is 26.2 Å². The Morgan fingerprint density at radius 2 is 1.32 bits per heavy atom. The fourth-order valence-corrected chi connectivity index (χ4v) is 3.27. The summed E-state index contributed by atoms with van der Waals surface area (Å²) >= 11 is 0. The average Bonchev–Trinajstić information content (AvgIpc) is 2.89. The fraction of sp³-hybridized carbons (Fsp3) is 0.400. The molecule has 0 aliphatic rings. The Hall–Kier alpha value is -4.07. The standard InChI is InChI=1S/C25H35N5O8/c1-15(38-25(37)17-6-3-8-19(32)22(17)34)20(26)24(36)30-14-12-28-10-4-9-27-11-13-29-23(35)16-5-2-7-18(31)21(16)33/h2-3,5-8,15,20,27-28,31-34H,4,9-14,26H2,1H3,(H,29,35)(H,30,36). The van der Waals surface area contributed by atoms with Gasteiger partial charge in [-0.05, 0) is 50.7 Å². The van der Waals surface area contributed by atoms with Crippen LogP contribution in [-0.4, -0.2) is 89.6 Å². The number of nitrogens with two attached hydrogens (primary N) is 1. The van der Waals surface area contributed by atoms with Crippen LogP contribution in [-0.2, 0) is 9.53 Å². The van der Waals surface area contributed by atoms with Gasteiger partial charge >= 0.3 is 5.97 Å². The topological polar surface area (TPSA) is 215 Å². The van der Waals surface area contributed by atoms with Crippen LogP contribution in [0.3, 0.4) is 0 Å². The Labute approximate surface area is 220 Å². The van der Waals surface area contributed by atoms with E-state index in [9.17, 15) is 34.8 Å². The lowest BCUT2D eigenvalue weighted by Crippen LogP contribution is -2.49. The number of rotatable bonds is 15. The molecule has 2 aromatic carbocycles. The predicted octanol–water partition coefficient (Wildman–Crippen LogP) is -0.503. The maximum atomic E-state index is 12.2. The van der Waals surface area contributed by atoms with Gasteiger partial charge in [-0.25, -0.2) is 4.79 Å². The number of carbonyl (C=O) groups excluding carboxylic acids is 3. The van der Waals surface area contributed by atoms with Gasteiger partial charge in [0.05, 0.1) is 5.56 Å². The van der Waals surface area contributed by atoms with Crippen LogP contribution in [0, 0.1) is 0 Å². The molecule has 10 N–H and O–H groups in total. The van der Waals surface area contributed by atoms with Crippen LogP contribution in [0.25, 0.3) is 0 Å². The van der Waals surface area contributed by atoms with Crippen molar-refractivity contribution in [3.05, 3.63) is 47.5 Å². The molecule has 0 fully saturated rings. The molecule has 2 unspecified atom stereocenters. The Balaban J connectivity index is 1.51. The minimum atomic E-state index is -1.13. The molecule has 0 saturated carbocycles. The number of amides is 2. The molecular formula is C25H35N5O8. The van der Waals surface area contributed by atoms with Gasteiger partial charge < -0.3 is 52.2 Å². The zero-order chi connectivity index (χ0) is 28.1. The predicted molar refractivity (Wildman–Crippen MR) is 138 cm³/mol. The molecule has 13 heteroatoms. The number of para-hydroxylation sites is 2. The lowest BCUT2D eigenvalue weighted by molar-refractivity contribution is -0.124. The van der Waals surface area contributed by atoms with E-state index in [4.69, 9.17) is 10.5 Å². The molecule has 0 bridgehead atoms. The van der Waals surface area contributed by atoms with Crippen molar-refractivity contribution >= 4 is 17.8 Å². The van der Waals surface area contributed by atoms with Crippen LogP contribution in [0.1, 0.15) is 34.1 Å². The van der Waals surface area contributed by atoms with E-state index in [-0.39, 0.29) is 16.9 Å². The number of phenolic OH excluding ortho intramolecular Hbond substituents is 4. The van der Waals surface area contributed by atoms with Crippen molar-refractivity contribution < 1.29 is 39.5 Å². The number of aromatic hydroxyl groups is 4. The van der Waals surface area contributed by atoms with Crippen LogP contribution in [0.15, 0.2) is 36.4 Å². The van der Waals surface area contributed by atoms with Crippen molar-refractivity contribution in [2.45, 2.75) is 25.5 Å². The minimum absolute atomic E-state index is 0.00587. The summed E-state index contributed by atoms with van der Waals surface area (Å²) in [5.74, 6) is -3.78. The maximum absolute atomic E-state index is 12.2. The van der Waals surface area contributed by atoms with E-state index in [2.05, 4.69) is 21.3 Å². The second kappa shape index (κ2) is 15.2. The molecule has 0 aliphatic carbocycles. The second-order valence-electron chi connectivity index (χ2n) is 8.38. The largest absolute Gasteiger partial charge is 0.504 e. The molecule has 2 atom stereocenters. The van der Waals surface area contributed by atoms with Gasteiger partial charge in [-0.1, -0.05) is 12.1 Å². The third-order valence-corrected chi connectivity index (χ3v) is 5.49. The smallest absolute Gasteiger partial charge is 0.342 e. The molecule has 2 aromatic rings. The summed E-state index contributed by atoms with van der Waals surface area (Å²) in [4.78, 5) is 36.4. The van der Waals surface area contributed by atoms with Gasteiger partial charge in [0.25, 0.3) is 5.91 Å². The van der Waals surface area contributed by atoms with E-state index in [0.717, 1.165) is 6.42 Å². The number of phenols is 4. The van der Waals surface area contributed by atoms with E-state index in [1.807, 2.05) is 0 Å². The number of benzene rings is 2. The number of hydrogen-bond donors (Lipinski definition) is 9. The molecule has 2 amide bonds. The highest BCUT2D eigenvalue weighted by atomic mass is 16.5. The first-order chi connectivity index (χ1) is 18.1. The number of ether oxygens (including phenoxy) is 1. The van der Waals surface area contributed by atoms with E-state index in [1.165, 1.54) is 43.3 Å². The van der Waals surface area contributed by atoms with Crippen molar-refractivity contribution in [3.63, 3.8) is 0 Å². The van der Waals surface area contributed by atoms with E-state index >= 15 is 0 Å². The highest BCUT2D eigenvalue weighted by Crippen LogP contribution is 2.29. The quantitative estimate of drug-likeness (QED) is 0.0807. The second-order valence-corrected chi connectivity index (χ2v) is 8.38. The molecule has 0 heterocycles. The zero-order valence-electron chi connectivity index (χ0n) is 21.1. The molecule has 0 saturated heterocycles. The summed E-state index contributed by atoms with van der Waals surface area (Å²) in [6.45, 7) is 4.49. The molecule has 0 spiro atoms. The molecule has 2 rings (SSSR count). The minimum Gasteiger partial charge on any atom is -0.504 e. The van der Waals surface area contributed by atoms with Crippen molar-refractivity contribution in [3.8, 4) is 23.0 Å². The van der Waals surface area contributed by atoms with Gasteiger partial charge in [-0.2, -0.15) is 0 Å². The van der Waals surface area contributed by atoms with Gasteiger partial charge in [0.1, 0.15) is 17.7 Å². The average molecular weight is 534 g/mol. The summed E-state index contributed by atoms with van der Waals surface area (Å²) in [6.07, 6.45) is -0.178. The van der Waals surface area contributed by atoms with Crippen molar-refractivity contribution in [2.24, 2.45) is 5.73 Å². The molecular weight excluding hydrogens is 498 g/mol. The van der Waals surface area contributed by atoms with Gasteiger partial charge in [-0.15, -0.1) is 0 Å². The number of hydrogen-bond acceptors (Lipinski definition) is 11. The Morgan fingerprint density at radius 1 is 0.789 bits per heavy atom. The summed E-state index contributed by atoms with van der Waals surface area (Å²) in [6, 6.07) is 6.93. The van der Waals surface area contributed by atoms with Crippen LogP contribution in [0.4, 0.5) is 0 Å². The normalized spacial score (nSPS) is 12.4. The number of carbonyl (C=O) groups is 3. The third kappa shape index (κ3) is 9.10. The van der Waals surface area contributed by atoms with Crippen molar-refractivity contribution in [1.29, 1.82) is 0 Å². The summed E-state index contributed by atoms with van der Waals surface area (Å²) < 4.78 is 5.14. The SMILES string of the molecule is CC(OC(=O)c1cccc(O)c1O)C(N)C(=O)NCCNCCCNCCNC(=O)c1cccc(O)c1O. The third-order valence-electron chi connectivity index (χ3n) is 5.49.